The van der Waals surface area contributed by atoms with Crippen LogP contribution in [0.5, 0.6) is 5.95 Å². The van der Waals surface area contributed by atoms with Crippen LogP contribution in [0.3, 0.4) is 0 Å². The minimum absolute atomic E-state index is 0.166. The molecule has 2 aliphatic heterocycles. The molecule has 7 nitrogen and oxygen atoms in total. The first-order valence-electron chi connectivity index (χ1n) is 14.3. The molecule has 8 heteroatoms. The standard InChI is InChI=1S/C34H32N4O3S/c39-28(22-37-16-18-38(19-17-37)31(24-8-3-1-4-9-24)25-10-5-2-6-11-25)23-40-30-14-13-26-20-29-33(32(26)41-30)42-34(36-29)27-12-7-15-35-21-27/h1-15,20-21,28,31,39H,16-19,22-23H2. The Balaban J connectivity index is 0.966. The van der Waals surface area contributed by atoms with Crippen molar-refractivity contribution in [2.75, 3.05) is 39.3 Å². The van der Waals surface area contributed by atoms with E-state index >= 15 is 0 Å². The molecular weight excluding hydrogens is 544 g/mol. The normalized spacial score (nSPS) is 15.5. The number of rotatable bonds is 9. The van der Waals surface area contributed by atoms with Crippen LogP contribution in [0.1, 0.15) is 17.2 Å². The molecule has 1 atom stereocenters. The van der Waals surface area contributed by atoms with Crippen LogP contribution < -0.4 is 4.74 Å². The van der Waals surface area contributed by atoms with Crippen LogP contribution in [0.25, 0.3) is 32.1 Å². The zero-order valence-electron chi connectivity index (χ0n) is 23.2. The highest BCUT2D eigenvalue weighted by Crippen LogP contribution is 2.42. The van der Waals surface area contributed by atoms with Gasteiger partial charge in [-0.1, -0.05) is 60.7 Å². The van der Waals surface area contributed by atoms with Gasteiger partial charge < -0.3 is 14.3 Å². The van der Waals surface area contributed by atoms with Gasteiger partial charge in [0.05, 0.1) is 16.3 Å². The molecule has 1 aliphatic carbocycles. The van der Waals surface area contributed by atoms with Crippen molar-refractivity contribution in [2.45, 2.75) is 12.1 Å². The molecular formula is C34H32N4O3S. The number of aliphatic hydroxyl groups excluding tert-OH is 1. The molecule has 4 aromatic rings. The van der Waals surface area contributed by atoms with Crippen molar-refractivity contribution in [2.24, 2.45) is 0 Å². The van der Waals surface area contributed by atoms with Crippen molar-refractivity contribution in [3.8, 4) is 27.8 Å². The molecule has 0 saturated carbocycles. The summed E-state index contributed by atoms with van der Waals surface area (Å²) in [5.74, 6) is 1.15. The number of piperazine rings is 1. The molecule has 0 amide bonds. The fourth-order valence-corrected chi connectivity index (χ4v) is 6.80. The Bertz CT molecular complexity index is 1660. The Morgan fingerprint density at radius 3 is 2.29 bits per heavy atom. The molecule has 4 heterocycles. The average molecular weight is 577 g/mol. The second-order valence-corrected chi connectivity index (χ2v) is 11.7. The summed E-state index contributed by atoms with van der Waals surface area (Å²) in [4.78, 5) is 13.8. The van der Waals surface area contributed by atoms with Gasteiger partial charge in [0.25, 0.3) is 5.95 Å². The minimum atomic E-state index is -0.623. The number of aromatic nitrogens is 2. The predicted molar refractivity (Wildman–Crippen MR) is 166 cm³/mol. The fourth-order valence-electron chi connectivity index (χ4n) is 5.77. The Hall–Kier alpha value is -4.08. The molecule has 212 valence electrons. The minimum Gasteiger partial charge on any atom is -0.462 e. The van der Waals surface area contributed by atoms with Crippen LogP contribution in [-0.4, -0.2) is 70.3 Å². The molecule has 0 spiro atoms. The number of β-amino-alcohol motifs (C(OH)–C–C–N with tert-alkyl or cyclic N) is 1. The van der Waals surface area contributed by atoms with E-state index in [4.69, 9.17) is 14.1 Å². The average Bonchev–Trinajstić information content (AvgIpc) is 3.61. The van der Waals surface area contributed by atoms with Gasteiger partial charge in [0.1, 0.15) is 17.7 Å². The highest BCUT2D eigenvalue weighted by molar-refractivity contribution is 7.22. The molecule has 1 fully saturated rings. The number of thiazole rings is 1. The van der Waals surface area contributed by atoms with Crippen molar-refractivity contribution >= 4 is 21.6 Å². The van der Waals surface area contributed by atoms with E-state index in [-0.39, 0.29) is 12.6 Å². The number of benzene rings is 2. The van der Waals surface area contributed by atoms with Gasteiger partial charge in [0.2, 0.25) is 0 Å². The van der Waals surface area contributed by atoms with E-state index in [0.29, 0.717) is 12.5 Å². The summed E-state index contributed by atoms with van der Waals surface area (Å²) >= 11 is 1.58. The van der Waals surface area contributed by atoms with Crippen molar-refractivity contribution < 1.29 is 14.3 Å². The molecule has 0 radical (unpaired) electrons. The molecule has 0 bridgehead atoms. The highest BCUT2D eigenvalue weighted by Gasteiger charge is 2.27. The quantitative estimate of drug-likeness (QED) is 0.220. The Morgan fingerprint density at radius 2 is 1.60 bits per heavy atom. The lowest BCUT2D eigenvalue weighted by Gasteiger charge is -2.40. The van der Waals surface area contributed by atoms with E-state index in [2.05, 4.69) is 75.4 Å². The molecule has 1 saturated heterocycles. The van der Waals surface area contributed by atoms with Crippen LogP contribution in [0.15, 0.2) is 108 Å². The van der Waals surface area contributed by atoms with Gasteiger partial charge in [0, 0.05) is 62.3 Å². The monoisotopic (exact) mass is 576 g/mol. The lowest BCUT2D eigenvalue weighted by molar-refractivity contribution is 0.0347. The van der Waals surface area contributed by atoms with Gasteiger partial charge in [-0.2, -0.15) is 0 Å². The van der Waals surface area contributed by atoms with Crippen LogP contribution in [0.4, 0.5) is 0 Å². The summed E-state index contributed by atoms with van der Waals surface area (Å²) in [6.07, 6.45) is 2.95. The molecule has 3 aliphatic rings. The van der Waals surface area contributed by atoms with E-state index < -0.39 is 6.10 Å². The van der Waals surface area contributed by atoms with E-state index in [1.165, 1.54) is 11.1 Å². The summed E-state index contributed by atoms with van der Waals surface area (Å²) < 4.78 is 13.0. The van der Waals surface area contributed by atoms with Crippen LogP contribution >= 0.6 is 11.3 Å². The van der Waals surface area contributed by atoms with Gasteiger partial charge in [-0.15, -0.1) is 11.3 Å². The number of hydrogen-bond acceptors (Lipinski definition) is 8. The molecule has 2 aromatic carbocycles. The van der Waals surface area contributed by atoms with E-state index in [1.807, 2.05) is 36.5 Å². The third-order valence-corrected chi connectivity index (χ3v) is 8.93. The topological polar surface area (TPSA) is 74.9 Å². The largest absolute Gasteiger partial charge is 0.462 e. The van der Waals surface area contributed by atoms with E-state index in [9.17, 15) is 5.11 Å². The number of fused-ring (bicyclic) bond motifs is 3. The van der Waals surface area contributed by atoms with Crippen LogP contribution in [0.2, 0.25) is 0 Å². The third kappa shape index (κ3) is 5.67. The molecule has 7 rings (SSSR count). The van der Waals surface area contributed by atoms with Gasteiger partial charge in [-0.05, 0) is 35.4 Å². The van der Waals surface area contributed by atoms with Gasteiger partial charge in [-0.25, -0.2) is 4.98 Å². The fraction of sp³-hybridized carbons (Fsp3) is 0.235. The van der Waals surface area contributed by atoms with Gasteiger partial charge in [-0.3, -0.25) is 14.8 Å². The summed E-state index contributed by atoms with van der Waals surface area (Å²) in [6.45, 7) is 4.36. The SMILES string of the molecule is OC(COc1ccc2cc3nc(-c4cccnc4)sc3c-2o1)CN1CCN(C(c2ccccc2)c2ccccc2)CC1. The Morgan fingerprint density at radius 1 is 0.857 bits per heavy atom. The number of ether oxygens (including phenoxy) is 1. The number of pyridine rings is 1. The van der Waals surface area contributed by atoms with E-state index in [1.54, 1.807) is 17.5 Å². The zero-order valence-corrected chi connectivity index (χ0v) is 24.0. The molecule has 1 unspecified atom stereocenters. The number of aliphatic hydroxyl groups is 1. The maximum Gasteiger partial charge on any atom is 0.284 e. The third-order valence-electron chi connectivity index (χ3n) is 7.81. The van der Waals surface area contributed by atoms with Crippen LogP contribution in [0, 0.1) is 0 Å². The highest BCUT2D eigenvalue weighted by atomic mass is 32.1. The predicted octanol–water partition coefficient (Wildman–Crippen LogP) is 6.20. The zero-order chi connectivity index (χ0) is 28.3. The first-order chi connectivity index (χ1) is 20.7. The lowest BCUT2D eigenvalue weighted by atomic mass is 9.96. The first kappa shape index (κ1) is 26.8. The summed E-state index contributed by atoms with van der Waals surface area (Å²) in [7, 11) is 0. The second-order valence-electron chi connectivity index (χ2n) is 10.7. The Kier molecular flexibility index (Phi) is 7.68. The van der Waals surface area contributed by atoms with Gasteiger partial charge in [0.15, 0.2) is 5.76 Å². The Labute approximate surface area is 249 Å². The smallest absolute Gasteiger partial charge is 0.284 e. The molecule has 1 N–H and O–H groups in total. The van der Waals surface area contributed by atoms with Crippen LogP contribution in [-0.2, 0) is 0 Å². The first-order valence-corrected chi connectivity index (χ1v) is 15.1. The summed E-state index contributed by atoms with van der Waals surface area (Å²) in [6, 6.07) is 31.4. The van der Waals surface area contributed by atoms with Crippen molar-refractivity contribution in [1.29, 1.82) is 0 Å². The number of nitrogens with zero attached hydrogens (tertiary/aromatic N) is 4. The maximum atomic E-state index is 10.8. The van der Waals surface area contributed by atoms with Crippen molar-refractivity contribution in [3.63, 3.8) is 0 Å². The summed E-state index contributed by atoms with van der Waals surface area (Å²) in [5.41, 5.74) is 5.48. The number of hydrogen-bond donors (Lipinski definition) is 1. The van der Waals surface area contributed by atoms with Crippen molar-refractivity contribution in [3.05, 3.63) is 115 Å². The molecule has 2 aromatic heterocycles. The van der Waals surface area contributed by atoms with Gasteiger partial charge >= 0.3 is 0 Å². The van der Waals surface area contributed by atoms with E-state index in [0.717, 1.165) is 58.3 Å². The second kappa shape index (κ2) is 12.0. The lowest BCUT2D eigenvalue weighted by Crippen LogP contribution is -2.50. The van der Waals surface area contributed by atoms with Crippen molar-refractivity contribution in [1.82, 2.24) is 19.8 Å². The molecule has 42 heavy (non-hydrogen) atoms. The maximum absolute atomic E-state index is 10.8. The summed E-state index contributed by atoms with van der Waals surface area (Å²) in [5, 5.41) is 11.7.